The number of alkyl carbamates (subject to hydrolysis) is 1. The number of carbonyl (C=O) groups is 1. The van der Waals surface area contributed by atoms with E-state index in [1.54, 1.807) is 26.8 Å². The Balaban J connectivity index is 2.04. The molecule has 1 aromatic heterocycles. The van der Waals surface area contributed by atoms with E-state index in [2.05, 4.69) is 10.3 Å². The zero-order valence-electron chi connectivity index (χ0n) is 15.3. The molecule has 136 valence electrons. The predicted molar refractivity (Wildman–Crippen MR) is 98.8 cm³/mol. The van der Waals surface area contributed by atoms with Gasteiger partial charge < -0.3 is 10.1 Å². The van der Waals surface area contributed by atoms with Crippen molar-refractivity contribution in [3.8, 4) is 5.69 Å². The van der Waals surface area contributed by atoms with Gasteiger partial charge in [-0.25, -0.2) is 14.2 Å². The zero-order chi connectivity index (χ0) is 18.9. The monoisotopic (exact) mass is 355 g/mol. The van der Waals surface area contributed by atoms with Crippen LogP contribution in [0.25, 0.3) is 16.7 Å². The van der Waals surface area contributed by atoms with Crippen LogP contribution in [0.2, 0.25) is 0 Å². The van der Waals surface area contributed by atoms with Crippen LogP contribution in [0, 0.1) is 5.82 Å². The largest absolute Gasteiger partial charge is 0.444 e. The fraction of sp³-hybridized carbons (Fsp3) is 0.300. The number of benzene rings is 2. The van der Waals surface area contributed by atoms with Gasteiger partial charge in [0.15, 0.2) is 0 Å². The molecule has 0 saturated heterocycles. The van der Waals surface area contributed by atoms with Crippen LogP contribution in [0.15, 0.2) is 48.5 Å². The summed E-state index contributed by atoms with van der Waals surface area (Å²) >= 11 is 0. The Morgan fingerprint density at radius 2 is 1.88 bits per heavy atom. The van der Waals surface area contributed by atoms with Gasteiger partial charge in [0.1, 0.15) is 17.2 Å². The molecule has 1 unspecified atom stereocenters. The second-order valence-electron chi connectivity index (χ2n) is 7.14. The molecule has 0 aliphatic heterocycles. The van der Waals surface area contributed by atoms with Gasteiger partial charge in [0.2, 0.25) is 0 Å². The number of fused-ring (bicyclic) bond motifs is 1. The Kier molecular flexibility index (Phi) is 4.68. The lowest BCUT2D eigenvalue weighted by Crippen LogP contribution is -2.34. The summed E-state index contributed by atoms with van der Waals surface area (Å²) in [4.78, 5) is 16.7. The summed E-state index contributed by atoms with van der Waals surface area (Å²) in [5.74, 6) is 0.261. The standard InChI is InChI=1S/C20H22FN3O2/c1-13(22-19(25)26-20(2,3)4)18-23-16-11-10-14(21)12-17(16)24(18)15-8-6-5-7-9-15/h5-13H,1-4H3,(H,22,25). The van der Waals surface area contributed by atoms with Crippen molar-refractivity contribution < 1.29 is 13.9 Å². The molecule has 0 saturated carbocycles. The Labute approximate surface area is 151 Å². The second-order valence-corrected chi connectivity index (χ2v) is 7.14. The predicted octanol–water partition coefficient (Wildman–Crippen LogP) is 4.75. The summed E-state index contributed by atoms with van der Waals surface area (Å²) in [6, 6.07) is 13.6. The molecule has 2 aromatic carbocycles. The third-order valence-electron chi connectivity index (χ3n) is 3.78. The van der Waals surface area contributed by atoms with Gasteiger partial charge in [0, 0.05) is 11.8 Å². The van der Waals surface area contributed by atoms with Crippen molar-refractivity contribution in [2.45, 2.75) is 39.3 Å². The summed E-state index contributed by atoms with van der Waals surface area (Å²) in [6.07, 6.45) is -0.525. The lowest BCUT2D eigenvalue weighted by atomic mass is 10.2. The lowest BCUT2D eigenvalue weighted by Gasteiger charge is -2.22. The van der Waals surface area contributed by atoms with Crippen molar-refractivity contribution in [1.82, 2.24) is 14.9 Å². The Hall–Kier alpha value is -2.89. The van der Waals surface area contributed by atoms with Crippen molar-refractivity contribution >= 4 is 17.1 Å². The van der Waals surface area contributed by atoms with E-state index in [9.17, 15) is 9.18 Å². The summed E-state index contributed by atoms with van der Waals surface area (Å²) in [7, 11) is 0. The quantitative estimate of drug-likeness (QED) is 0.737. The first-order valence-corrected chi connectivity index (χ1v) is 8.47. The minimum Gasteiger partial charge on any atom is -0.444 e. The number of amides is 1. The summed E-state index contributed by atoms with van der Waals surface area (Å²) in [5, 5.41) is 2.80. The van der Waals surface area contributed by atoms with E-state index in [0.717, 1.165) is 5.69 Å². The third-order valence-corrected chi connectivity index (χ3v) is 3.78. The van der Waals surface area contributed by atoms with Crippen LogP contribution in [0.1, 0.15) is 39.6 Å². The van der Waals surface area contributed by atoms with E-state index in [1.807, 2.05) is 41.8 Å². The fourth-order valence-corrected chi connectivity index (χ4v) is 2.75. The number of aromatic nitrogens is 2. The zero-order valence-corrected chi connectivity index (χ0v) is 15.3. The molecule has 0 spiro atoms. The number of rotatable bonds is 3. The van der Waals surface area contributed by atoms with E-state index in [4.69, 9.17) is 4.74 Å². The third kappa shape index (κ3) is 3.85. The van der Waals surface area contributed by atoms with Gasteiger partial charge in [0.05, 0.1) is 17.1 Å². The second kappa shape index (κ2) is 6.78. The van der Waals surface area contributed by atoms with E-state index in [1.165, 1.54) is 12.1 Å². The lowest BCUT2D eigenvalue weighted by molar-refractivity contribution is 0.0505. The Morgan fingerprint density at radius 1 is 1.19 bits per heavy atom. The Bertz CT molecular complexity index is 929. The van der Waals surface area contributed by atoms with Gasteiger partial charge in [0.25, 0.3) is 0 Å². The SMILES string of the molecule is CC(NC(=O)OC(C)(C)C)c1nc2ccc(F)cc2n1-c1ccccc1. The average Bonchev–Trinajstić information content (AvgIpc) is 2.92. The molecule has 0 radical (unpaired) electrons. The number of imidazole rings is 1. The first-order valence-electron chi connectivity index (χ1n) is 8.47. The van der Waals surface area contributed by atoms with Gasteiger partial charge in [-0.1, -0.05) is 18.2 Å². The molecule has 0 fully saturated rings. The Morgan fingerprint density at radius 3 is 2.54 bits per heavy atom. The average molecular weight is 355 g/mol. The maximum absolute atomic E-state index is 13.8. The van der Waals surface area contributed by atoms with Crippen molar-refractivity contribution in [2.24, 2.45) is 0 Å². The topological polar surface area (TPSA) is 56.1 Å². The van der Waals surface area contributed by atoms with Crippen molar-refractivity contribution in [3.63, 3.8) is 0 Å². The molecule has 0 aliphatic rings. The number of hydrogen-bond acceptors (Lipinski definition) is 3. The van der Waals surface area contributed by atoms with Crippen LogP contribution >= 0.6 is 0 Å². The molecule has 1 amide bonds. The minimum atomic E-state index is -0.591. The molecule has 3 rings (SSSR count). The summed E-state index contributed by atoms with van der Waals surface area (Å²) < 4.78 is 21.0. The first-order chi connectivity index (χ1) is 12.2. The van der Waals surface area contributed by atoms with Gasteiger partial charge in [-0.3, -0.25) is 4.57 Å². The van der Waals surface area contributed by atoms with Crippen LogP contribution in [-0.2, 0) is 4.74 Å². The molecule has 0 bridgehead atoms. The molecular weight excluding hydrogens is 333 g/mol. The number of halogens is 1. The minimum absolute atomic E-state index is 0.339. The van der Waals surface area contributed by atoms with Crippen LogP contribution in [0.5, 0.6) is 0 Å². The highest BCUT2D eigenvalue weighted by Crippen LogP contribution is 2.26. The van der Waals surface area contributed by atoms with E-state index >= 15 is 0 Å². The molecular formula is C20H22FN3O2. The van der Waals surface area contributed by atoms with Crippen LogP contribution in [0.4, 0.5) is 9.18 Å². The number of para-hydroxylation sites is 1. The molecule has 1 heterocycles. The van der Waals surface area contributed by atoms with Gasteiger partial charge in [-0.05, 0) is 52.0 Å². The molecule has 0 aliphatic carbocycles. The summed E-state index contributed by atoms with van der Waals surface area (Å²) in [6.45, 7) is 7.23. The van der Waals surface area contributed by atoms with Crippen LogP contribution in [-0.4, -0.2) is 21.2 Å². The van der Waals surface area contributed by atoms with E-state index in [-0.39, 0.29) is 5.82 Å². The highest BCUT2D eigenvalue weighted by atomic mass is 19.1. The molecule has 1 N–H and O–H groups in total. The van der Waals surface area contributed by atoms with Crippen molar-refractivity contribution in [3.05, 3.63) is 60.2 Å². The first kappa shape index (κ1) is 17.9. The fourth-order valence-electron chi connectivity index (χ4n) is 2.75. The van der Waals surface area contributed by atoms with Gasteiger partial charge >= 0.3 is 6.09 Å². The van der Waals surface area contributed by atoms with Crippen LogP contribution < -0.4 is 5.32 Å². The number of carbonyl (C=O) groups excluding carboxylic acids is 1. The highest BCUT2D eigenvalue weighted by Gasteiger charge is 2.23. The van der Waals surface area contributed by atoms with Crippen LogP contribution in [0.3, 0.4) is 0 Å². The molecule has 3 aromatic rings. The molecule has 6 heteroatoms. The molecule has 5 nitrogen and oxygen atoms in total. The molecule has 1 atom stereocenters. The van der Waals surface area contributed by atoms with Crippen molar-refractivity contribution in [1.29, 1.82) is 0 Å². The number of ether oxygens (including phenoxy) is 1. The normalized spacial score (nSPS) is 12.8. The smallest absolute Gasteiger partial charge is 0.408 e. The number of nitrogens with zero attached hydrogens (tertiary/aromatic N) is 2. The number of nitrogens with one attached hydrogen (secondary N) is 1. The van der Waals surface area contributed by atoms with Crippen molar-refractivity contribution in [2.75, 3.05) is 0 Å². The molecule has 26 heavy (non-hydrogen) atoms. The summed E-state index contributed by atoms with van der Waals surface area (Å²) in [5.41, 5.74) is 1.55. The number of hydrogen-bond donors (Lipinski definition) is 1. The maximum atomic E-state index is 13.8. The highest BCUT2D eigenvalue weighted by molar-refractivity contribution is 5.79. The maximum Gasteiger partial charge on any atom is 0.408 e. The van der Waals surface area contributed by atoms with Gasteiger partial charge in [-0.15, -0.1) is 0 Å². The van der Waals surface area contributed by atoms with E-state index in [0.29, 0.717) is 16.9 Å². The van der Waals surface area contributed by atoms with E-state index < -0.39 is 17.7 Å². The van der Waals surface area contributed by atoms with Gasteiger partial charge in [-0.2, -0.15) is 0 Å².